The van der Waals surface area contributed by atoms with Crippen molar-refractivity contribution in [3.8, 4) is 5.75 Å². The van der Waals surface area contributed by atoms with Gasteiger partial charge in [-0.15, -0.1) is 0 Å². The third-order valence-electron chi connectivity index (χ3n) is 4.33. The minimum Gasteiger partial charge on any atom is -0.493 e. The molecule has 0 spiro atoms. The molecule has 1 saturated carbocycles. The zero-order valence-corrected chi connectivity index (χ0v) is 12.5. The molecular weight excluding hydrogens is 274 g/mol. The lowest BCUT2D eigenvalue weighted by molar-refractivity contribution is 0.101. The average Bonchev–Trinajstić information content (AvgIpc) is 2.87. The molecule has 1 fully saturated rings. The fraction of sp³-hybridized carbons (Fsp3) is 0.625. The molecule has 1 aromatic rings. The van der Waals surface area contributed by atoms with E-state index in [0.29, 0.717) is 5.92 Å². The van der Waals surface area contributed by atoms with Crippen LogP contribution < -0.4 is 10.1 Å². The Hall–Kier alpha value is -0.770. The van der Waals surface area contributed by atoms with Crippen LogP contribution in [0.15, 0.2) is 12.1 Å². The zero-order valence-electron chi connectivity index (χ0n) is 11.7. The zero-order chi connectivity index (χ0) is 13.9. The molecule has 4 heteroatoms. The SMILES string of the molecule is OC1CCCC(CNCc2cc(Cl)cc3c2OCC3)C1. The van der Waals surface area contributed by atoms with Gasteiger partial charge < -0.3 is 15.2 Å². The molecule has 0 amide bonds. The van der Waals surface area contributed by atoms with E-state index in [-0.39, 0.29) is 6.10 Å². The maximum atomic E-state index is 9.69. The molecule has 1 aliphatic heterocycles. The molecular formula is C16H22ClNO2. The summed E-state index contributed by atoms with van der Waals surface area (Å²) in [7, 11) is 0. The number of rotatable bonds is 4. The highest BCUT2D eigenvalue weighted by atomic mass is 35.5. The van der Waals surface area contributed by atoms with E-state index in [0.717, 1.165) is 61.7 Å². The van der Waals surface area contributed by atoms with E-state index in [1.165, 1.54) is 12.0 Å². The largest absolute Gasteiger partial charge is 0.493 e. The molecule has 2 N–H and O–H groups in total. The number of ether oxygens (including phenoxy) is 1. The summed E-state index contributed by atoms with van der Waals surface area (Å²) < 4.78 is 5.71. The van der Waals surface area contributed by atoms with Gasteiger partial charge in [-0.1, -0.05) is 18.0 Å². The third-order valence-corrected chi connectivity index (χ3v) is 4.55. The van der Waals surface area contributed by atoms with E-state index < -0.39 is 0 Å². The van der Waals surface area contributed by atoms with Gasteiger partial charge in [0.1, 0.15) is 5.75 Å². The lowest BCUT2D eigenvalue weighted by atomic mass is 9.87. The minimum atomic E-state index is -0.102. The Morgan fingerprint density at radius 1 is 1.35 bits per heavy atom. The van der Waals surface area contributed by atoms with Gasteiger partial charge in [-0.2, -0.15) is 0 Å². The summed E-state index contributed by atoms with van der Waals surface area (Å²) in [5, 5.41) is 14.0. The number of fused-ring (bicyclic) bond motifs is 1. The molecule has 110 valence electrons. The highest BCUT2D eigenvalue weighted by Gasteiger charge is 2.21. The van der Waals surface area contributed by atoms with Gasteiger partial charge in [0.05, 0.1) is 12.7 Å². The molecule has 0 radical (unpaired) electrons. The van der Waals surface area contributed by atoms with Crippen LogP contribution in [-0.4, -0.2) is 24.4 Å². The van der Waals surface area contributed by atoms with Crippen molar-refractivity contribution in [2.75, 3.05) is 13.2 Å². The molecule has 1 aliphatic carbocycles. The Kier molecular flexibility index (Phi) is 4.49. The second kappa shape index (κ2) is 6.33. The van der Waals surface area contributed by atoms with Gasteiger partial charge in [-0.25, -0.2) is 0 Å². The van der Waals surface area contributed by atoms with Crippen molar-refractivity contribution in [1.29, 1.82) is 0 Å². The summed E-state index contributed by atoms with van der Waals surface area (Å²) >= 11 is 6.16. The van der Waals surface area contributed by atoms with Crippen LogP contribution >= 0.6 is 11.6 Å². The average molecular weight is 296 g/mol. The predicted molar refractivity (Wildman–Crippen MR) is 80.3 cm³/mol. The minimum absolute atomic E-state index is 0.102. The summed E-state index contributed by atoms with van der Waals surface area (Å²) in [5.74, 6) is 1.61. The highest BCUT2D eigenvalue weighted by Crippen LogP contribution is 2.33. The van der Waals surface area contributed by atoms with Gasteiger partial charge in [-0.3, -0.25) is 0 Å². The Bertz CT molecular complexity index is 478. The van der Waals surface area contributed by atoms with Crippen molar-refractivity contribution >= 4 is 11.6 Å². The first kappa shape index (κ1) is 14.2. The first-order valence-electron chi connectivity index (χ1n) is 7.55. The normalized spacial score (nSPS) is 25.3. The summed E-state index contributed by atoms with van der Waals surface area (Å²) in [6.45, 7) is 2.51. The Balaban J connectivity index is 1.56. The molecule has 3 rings (SSSR count). The molecule has 1 aromatic carbocycles. The Morgan fingerprint density at radius 2 is 2.25 bits per heavy atom. The lowest BCUT2D eigenvalue weighted by Crippen LogP contribution is -2.29. The number of halogens is 1. The van der Waals surface area contributed by atoms with E-state index in [1.807, 2.05) is 12.1 Å². The fourth-order valence-corrected chi connectivity index (χ4v) is 3.60. The van der Waals surface area contributed by atoms with Crippen molar-refractivity contribution in [2.24, 2.45) is 5.92 Å². The van der Waals surface area contributed by atoms with Crippen LogP contribution in [0.5, 0.6) is 5.75 Å². The van der Waals surface area contributed by atoms with E-state index in [1.54, 1.807) is 0 Å². The van der Waals surface area contributed by atoms with Crippen LogP contribution in [0.25, 0.3) is 0 Å². The Labute approximate surface area is 125 Å². The molecule has 20 heavy (non-hydrogen) atoms. The second-order valence-electron chi connectivity index (χ2n) is 5.97. The van der Waals surface area contributed by atoms with E-state index in [9.17, 15) is 5.11 Å². The molecule has 2 atom stereocenters. The van der Waals surface area contributed by atoms with E-state index in [4.69, 9.17) is 16.3 Å². The van der Waals surface area contributed by atoms with Crippen molar-refractivity contribution in [1.82, 2.24) is 5.32 Å². The first-order valence-corrected chi connectivity index (χ1v) is 7.93. The van der Waals surface area contributed by atoms with E-state index in [2.05, 4.69) is 5.32 Å². The van der Waals surface area contributed by atoms with Crippen LogP contribution in [0.1, 0.15) is 36.8 Å². The van der Waals surface area contributed by atoms with Crippen molar-refractivity contribution in [3.63, 3.8) is 0 Å². The van der Waals surface area contributed by atoms with E-state index >= 15 is 0 Å². The van der Waals surface area contributed by atoms with Gasteiger partial charge in [0.15, 0.2) is 0 Å². The number of benzene rings is 1. The monoisotopic (exact) mass is 295 g/mol. The van der Waals surface area contributed by atoms with Gasteiger partial charge in [0.25, 0.3) is 0 Å². The Morgan fingerprint density at radius 3 is 3.10 bits per heavy atom. The lowest BCUT2D eigenvalue weighted by Gasteiger charge is -2.26. The molecule has 2 unspecified atom stereocenters. The molecule has 2 aliphatic rings. The number of hydrogen-bond acceptors (Lipinski definition) is 3. The second-order valence-corrected chi connectivity index (χ2v) is 6.41. The summed E-state index contributed by atoms with van der Waals surface area (Å²) in [4.78, 5) is 0. The van der Waals surface area contributed by atoms with Gasteiger partial charge in [0.2, 0.25) is 0 Å². The van der Waals surface area contributed by atoms with Crippen molar-refractivity contribution < 1.29 is 9.84 Å². The number of hydrogen-bond donors (Lipinski definition) is 2. The quantitative estimate of drug-likeness (QED) is 0.897. The summed E-state index contributed by atoms with van der Waals surface area (Å²) in [5.41, 5.74) is 2.38. The molecule has 1 heterocycles. The predicted octanol–water partition coefficient (Wildman–Crippen LogP) is 2.92. The van der Waals surface area contributed by atoms with Crippen molar-refractivity contribution in [2.45, 2.75) is 44.8 Å². The van der Waals surface area contributed by atoms with Crippen LogP contribution in [0.2, 0.25) is 5.02 Å². The van der Waals surface area contributed by atoms with Crippen molar-refractivity contribution in [3.05, 3.63) is 28.3 Å². The highest BCUT2D eigenvalue weighted by molar-refractivity contribution is 6.30. The molecule has 0 bridgehead atoms. The standard InChI is InChI=1S/C16H22ClNO2/c17-14-7-12-4-5-20-16(12)13(8-14)10-18-9-11-2-1-3-15(19)6-11/h7-8,11,15,18-19H,1-6,9-10H2. The fourth-order valence-electron chi connectivity index (χ4n) is 3.34. The first-order chi connectivity index (χ1) is 9.72. The summed E-state index contributed by atoms with van der Waals surface area (Å²) in [6, 6.07) is 4.00. The molecule has 3 nitrogen and oxygen atoms in total. The number of aliphatic hydroxyl groups excluding tert-OH is 1. The molecule has 0 saturated heterocycles. The van der Waals surface area contributed by atoms with Crippen LogP contribution in [0, 0.1) is 5.92 Å². The van der Waals surface area contributed by atoms with Gasteiger partial charge >= 0.3 is 0 Å². The van der Waals surface area contributed by atoms with Crippen LogP contribution in [0.4, 0.5) is 0 Å². The van der Waals surface area contributed by atoms with Crippen LogP contribution in [-0.2, 0) is 13.0 Å². The third kappa shape index (κ3) is 3.27. The molecule has 0 aromatic heterocycles. The van der Waals surface area contributed by atoms with Gasteiger partial charge in [-0.05, 0) is 49.4 Å². The smallest absolute Gasteiger partial charge is 0.127 e. The van der Waals surface area contributed by atoms with Gasteiger partial charge in [0, 0.05) is 23.6 Å². The maximum absolute atomic E-state index is 9.69. The number of nitrogens with one attached hydrogen (secondary N) is 1. The maximum Gasteiger partial charge on any atom is 0.127 e. The topological polar surface area (TPSA) is 41.5 Å². The van der Waals surface area contributed by atoms with Crippen LogP contribution in [0.3, 0.4) is 0 Å². The summed E-state index contributed by atoms with van der Waals surface area (Å²) in [6.07, 6.45) is 5.10. The number of aliphatic hydroxyl groups is 1.